The molecular formula is C22H31N3O3. The smallest absolute Gasteiger partial charge is 0.191 e. The Balaban J connectivity index is 1.97. The maximum atomic E-state index is 5.69. The lowest BCUT2D eigenvalue weighted by Gasteiger charge is -2.13. The summed E-state index contributed by atoms with van der Waals surface area (Å²) < 4.78 is 16.3. The topological polar surface area (TPSA) is 64.1 Å². The summed E-state index contributed by atoms with van der Waals surface area (Å²) in [6.45, 7) is 6.83. The van der Waals surface area contributed by atoms with Crippen LogP contribution in [-0.4, -0.2) is 39.9 Å². The molecule has 0 heterocycles. The zero-order valence-electron chi connectivity index (χ0n) is 17.2. The van der Waals surface area contributed by atoms with Gasteiger partial charge in [-0.05, 0) is 49.6 Å². The molecule has 0 unspecified atom stereocenters. The largest absolute Gasteiger partial charge is 0.494 e. The van der Waals surface area contributed by atoms with Crippen LogP contribution in [0.5, 0.6) is 17.2 Å². The first-order valence-electron chi connectivity index (χ1n) is 9.65. The number of nitrogens with zero attached hydrogens (tertiary/aromatic N) is 1. The molecule has 28 heavy (non-hydrogen) atoms. The first kappa shape index (κ1) is 21.4. The van der Waals surface area contributed by atoms with Crippen LogP contribution in [0.15, 0.2) is 47.5 Å². The van der Waals surface area contributed by atoms with Gasteiger partial charge in [0.25, 0.3) is 0 Å². The van der Waals surface area contributed by atoms with E-state index in [4.69, 9.17) is 14.2 Å². The third-order valence-corrected chi connectivity index (χ3v) is 4.17. The Bertz CT molecular complexity index is 762. The number of ether oxygens (including phenoxy) is 3. The van der Waals surface area contributed by atoms with Crippen molar-refractivity contribution in [1.82, 2.24) is 10.6 Å². The quantitative estimate of drug-likeness (QED) is 0.485. The van der Waals surface area contributed by atoms with Gasteiger partial charge in [-0.15, -0.1) is 0 Å². The molecule has 6 heteroatoms. The second-order valence-electron chi connectivity index (χ2n) is 6.10. The van der Waals surface area contributed by atoms with Crippen molar-refractivity contribution in [3.8, 4) is 17.2 Å². The fourth-order valence-electron chi connectivity index (χ4n) is 2.81. The second kappa shape index (κ2) is 11.7. The van der Waals surface area contributed by atoms with E-state index in [9.17, 15) is 0 Å². The summed E-state index contributed by atoms with van der Waals surface area (Å²) in [5, 5.41) is 6.67. The molecule has 6 nitrogen and oxygen atoms in total. The molecule has 0 aliphatic rings. The molecule has 152 valence electrons. The normalized spacial score (nSPS) is 11.1. The zero-order valence-corrected chi connectivity index (χ0v) is 17.2. The second-order valence-corrected chi connectivity index (χ2v) is 6.10. The van der Waals surface area contributed by atoms with Gasteiger partial charge in [0.05, 0.1) is 27.4 Å². The van der Waals surface area contributed by atoms with Gasteiger partial charge in [-0.25, -0.2) is 4.99 Å². The van der Waals surface area contributed by atoms with E-state index in [1.807, 2.05) is 43.3 Å². The highest BCUT2D eigenvalue weighted by Crippen LogP contribution is 2.27. The van der Waals surface area contributed by atoms with Crippen LogP contribution in [0.4, 0.5) is 0 Å². The first-order chi connectivity index (χ1) is 13.7. The molecule has 0 bridgehead atoms. The zero-order chi connectivity index (χ0) is 20.2. The van der Waals surface area contributed by atoms with Crippen LogP contribution < -0.4 is 24.8 Å². The van der Waals surface area contributed by atoms with E-state index in [0.717, 1.165) is 36.8 Å². The monoisotopic (exact) mass is 385 g/mol. The fourth-order valence-corrected chi connectivity index (χ4v) is 2.81. The molecule has 0 atom stereocenters. The molecule has 0 radical (unpaired) electrons. The van der Waals surface area contributed by atoms with E-state index < -0.39 is 0 Å². The molecule has 0 aromatic heterocycles. The van der Waals surface area contributed by atoms with Gasteiger partial charge in [0.15, 0.2) is 17.5 Å². The van der Waals surface area contributed by atoms with Crippen LogP contribution in [0.25, 0.3) is 0 Å². The number of hydrogen-bond donors (Lipinski definition) is 2. The number of nitrogens with one attached hydrogen (secondary N) is 2. The van der Waals surface area contributed by atoms with E-state index in [1.165, 1.54) is 5.56 Å². The molecule has 2 aromatic rings. The summed E-state index contributed by atoms with van der Waals surface area (Å²) in [7, 11) is 3.27. The molecule has 0 aliphatic carbocycles. The van der Waals surface area contributed by atoms with Crippen LogP contribution in [0.2, 0.25) is 0 Å². The minimum atomic E-state index is 0.547. The van der Waals surface area contributed by atoms with Crippen molar-refractivity contribution in [3.63, 3.8) is 0 Å². The van der Waals surface area contributed by atoms with Gasteiger partial charge in [-0.2, -0.15) is 0 Å². The van der Waals surface area contributed by atoms with Crippen molar-refractivity contribution in [1.29, 1.82) is 0 Å². The highest BCUT2D eigenvalue weighted by atomic mass is 16.5. The molecular weight excluding hydrogens is 354 g/mol. The summed E-state index contributed by atoms with van der Waals surface area (Å²) in [4.78, 5) is 4.67. The lowest BCUT2D eigenvalue weighted by Crippen LogP contribution is -2.38. The van der Waals surface area contributed by atoms with Crippen molar-refractivity contribution in [2.75, 3.05) is 33.9 Å². The van der Waals surface area contributed by atoms with Crippen molar-refractivity contribution in [2.24, 2.45) is 4.99 Å². The van der Waals surface area contributed by atoms with Gasteiger partial charge >= 0.3 is 0 Å². The third kappa shape index (κ3) is 6.37. The number of aliphatic imine (C=N–C) groups is 1. The third-order valence-electron chi connectivity index (χ3n) is 4.17. The van der Waals surface area contributed by atoms with Crippen LogP contribution in [0.1, 0.15) is 25.0 Å². The number of hydrogen-bond acceptors (Lipinski definition) is 4. The number of para-hydroxylation sites is 1. The van der Waals surface area contributed by atoms with Crippen molar-refractivity contribution in [3.05, 3.63) is 53.6 Å². The van der Waals surface area contributed by atoms with Crippen LogP contribution in [-0.2, 0) is 13.0 Å². The highest BCUT2D eigenvalue weighted by Gasteiger charge is 2.06. The van der Waals surface area contributed by atoms with Gasteiger partial charge in [0.1, 0.15) is 5.75 Å². The summed E-state index contributed by atoms with van der Waals surface area (Å²) in [5.41, 5.74) is 2.24. The molecule has 2 aromatic carbocycles. The predicted octanol–water partition coefficient (Wildman–Crippen LogP) is 3.40. The summed E-state index contributed by atoms with van der Waals surface area (Å²) in [6, 6.07) is 14.0. The van der Waals surface area contributed by atoms with Gasteiger partial charge in [0.2, 0.25) is 0 Å². The number of benzene rings is 2. The average molecular weight is 386 g/mol. The Labute approximate surface area is 167 Å². The minimum absolute atomic E-state index is 0.547. The average Bonchev–Trinajstić information content (AvgIpc) is 2.73. The predicted molar refractivity (Wildman–Crippen MR) is 114 cm³/mol. The maximum Gasteiger partial charge on any atom is 0.191 e. The van der Waals surface area contributed by atoms with E-state index >= 15 is 0 Å². The Morgan fingerprint density at radius 2 is 1.71 bits per heavy atom. The first-order valence-corrected chi connectivity index (χ1v) is 9.65. The molecule has 0 saturated heterocycles. The van der Waals surface area contributed by atoms with Crippen LogP contribution >= 0.6 is 0 Å². The molecule has 0 saturated carbocycles. The van der Waals surface area contributed by atoms with E-state index in [0.29, 0.717) is 24.7 Å². The lowest BCUT2D eigenvalue weighted by molar-refractivity contribution is 0.336. The van der Waals surface area contributed by atoms with E-state index in [2.05, 4.69) is 28.6 Å². The van der Waals surface area contributed by atoms with Crippen LogP contribution in [0.3, 0.4) is 0 Å². The standard InChI is InChI=1S/C22H31N3O3/c1-5-23-22(24-14-13-18-9-7-8-10-19(18)28-6-2)25-16-17-11-12-20(26-3)21(15-17)27-4/h7-12,15H,5-6,13-14,16H2,1-4H3,(H2,23,24,25). The van der Waals surface area contributed by atoms with Crippen LogP contribution in [0, 0.1) is 0 Å². The van der Waals surface area contributed by atoms with Crippen molar-refractivity contribution >= 4 is 5.96 Å². The number of rotatable bonds is 10. The Morgan fingerprint density at radius 1 is 0.929 bits per heavy atom. The Kier molecular flexibility index (Phi) is 8.98. The molecule has 0 aliphatic heterocycles. The summed E-state index contributed by atoms with van der Waals surface area (Å²) >= 11 is 0. The van der Waals surface area contributed by atoms with Gasteiger partial charge < -0.3 is 24.8 Å². The SMILES string of the molecule is CCNC(=NCc1ccc(OC)c(OC)c1)NCCc1ccccc1OCC. The van der Waals surface area contributed by atoms with Gasteiger partial charge in [0, 0.05) is 13.1 Å². The maximum absolute atomic E-state index is 5.69. The Hall–Kier alpha value is -2.89. The van der Waals surface area contributed by atoms with Crippen molar-refractivity contribution in [2.45, 2.75) is 26.8 Å². The molecule has 0 spiro atoms. The molecule has 0 amide bonds. The summed E-state index contributed by atoms with van der Waals surface area (Å²) in [6.07, 6.45) is 0.858. The van der Waals surface area contributed by atoms with Gasteiger partial charge in [-0.1, -0.05) is 24.3 Å². The minimum Gasteiger partial charge on any atom is -0.494 e. The fraction of sp³-hybridized carbons (Fsp3) is 0.409. The summed E-state index contributed by atoms with van der Waals surface area (Å²) in [5.74, 6) is 3.15. The van der Waals surface area contributed by atoms with E-state index in [-0.39, 0.29) is 0 Å². The molecule has 0 fully saturated rings. The molecule has 2 N–H and O–H groups in total. The van der Waals surface area contributed by atoms with E-state index in [1.54, 1.807) is 14.2 Å². The highest BCUT2D eigenvalue weighted by molar-refractivity contribution is 5.79. The molecule has 2 rings (SSSR count). The van der Waals surface area contributed by atoms with Crippen molar-refractivity contribution < 1.29 is 14.2 Å². The number of guanidine groups is 1. The number of methoxy groups -OCH3 is 2. The van der Waals surface area contributed by atoms with Gasteiger partial charge in [-0.3, -0.25) is 0 Å². The Morgan fingerprint density at radius 3 is 2.43 bits per heavy atom. The lowest BCUT2D eigenvalue weighted by atomic mass is 10.1.